The SMILES string of the molecule is C=CCOc1cccc(CN2C[C@@H]3COCC[C@]3(CO)C2)c1. The highest BCUT2D eigenvalue weighted by Crippen LogP contribution is 2.42. The predicted octanol–water partition coefficient (Wildman–Crippen LogP) is 2.08. The molecule has 0 aromatic heterocycles. The summed E-state index contributed by atoms with van der Waals surface area (Å²) in [5, 5.41) is 9.87. The molecule has 0 unspecified atom stereocenters. The van der Waals surface area contributed by atoms with Crippen molar-refractivity contribution in [3.63, 3.8) is 0 Å². The lowest BCUT2D eigenvalue weighted by Gasteiger charge is -2.36. The van der Waals surface area contributed by atoms with Crippen LogP contribution in [-0.2, 0) is 11.3 Å². The van der Waals surface area contributed by atoms with Gasteiger partial charge in [-0.25, -0.2) is 0 Å². The fourth-order valence-electron chi connectivity index (χ4n) is 3.68. The molecule has 2 aliphatic heterocycles. The molecular weight excluding hydrogens is 278 g/mol. The maximum absolute atomic E-state index is 9.87. The second-order valence-corrected chi connectivity index (χ2v) is 6.46. The molecule has 2 fully saturated rings. The summed E-state index contributed by atoms with van der Waals surface area (Å²) in [5.74, 6) is 1.33. The third-order valence-electron chi connectivity index (χ3n) is 4.93. The van der Waals surface area contributed by atoms with E-state index in [2.05, 4.69) is 23.6 Å². The van der Waals surface area contributed by atoms with E-state index in [1.165, 1.54) is 5.56 Å². The van der Waals surface area contributed by atoms with Crippen LogP contribution in [0.25, 0.3) is 0 Å². The Labute approximate surface area is 132 Å². The second kappa shape index (κ2) is 6.82. The van der Waals surface area contributed by atoms with Crippen LogP contribution in [0.5, 0.6) is 5.75 Å². The van der Waals surface area contributed by atoms with Gasteiger partial charge in [-0.2, -0.15) is 0 Å². The van der Waals surface area contributed by atoms with Crippen LogP contribution in [0.4, 0.5) is 0 Å². The predicted molar refractivity (Wildman–Crippen MR) is 85.9 cm³/mol. The van der Waals surface area contributed by atoms with E-state index < -0.39 is 0 Å². The van der Waals surface area contributed by atoms with Gasteiger partial charge in [-0.1, -0.05) is 24.8 Å². The highest BCUT2D eigenvalue weighted by molar-refractivity contribution is 5.28. The molecular formula is C18H25NO3. The van der Waals surface area contributed by atoms with Crippen molar-refractivity contribution < 1.29 is 14.6 Å². The topological polar surface area (TPSA) is 41.9 Å². The molecule has 1 aromatic rings. The molecule has 4 nitrogen and oxygen atoms in total. The third-order valence-corrected chi connectivity index (χ3v) is 4.93. The minimum atomic E-state index is 0.0369. The number of fused-ring (bicyclic) bond motifs is 1. The minimum Gasteiger partial charge on any atom is -0.490 e. The molecule has 4 heteroatoms. The van der Waals surface area contributed by atoms with Crippen LogP contribution in [0, 0.1) is 11.3 Å². The summed E-state index contributed by atoms with van der Waals surface area (Å²) in [4.78, 5) is 2.43. The summed E-state index contributed by atoms with van der Waals surface area (Å²) in [5.41, 5.74) is 1.28. The summed E-state index contributed by atoms with van der Waals surface area (Å²) in [6.07, 6.45) is 2.72. The molecule has 2 heterocycles. The van der Waals surface area contributed by atoms with Gasteiger partial charge in [-0.05, 0) is 24.1 Å². The second-order valence-electron chi connectivity index (χ2n) is 6.46. The molecule has 0 saturated carbocycles. The molecule has 120 valence electrons. The lowest BCUT2D eigenvalue weighted by Crippen LogP contribution is -2.41. The molecule has 0 amide bonds. The molecule has 0 radical (unpaired) electrons. The number of aliphatic hydroxyl groups excluding tert-OH is 1. The van der Waals surface area contributed by atoms with Gasteiger partial charge in [-0.15, -0.1) is 0 Å². The molecule has 1 aromatic carbocycles. The minimum absolute atomic E-state index is 0.0369. The van der Waals surface area contributed by atoms with Gasteiger partial charge in [0.25, 0.3) is 0 Å². The van der Waals surface area contributed by atoms with E-state index in [1.807, 2.05) is 12.1 Å². The van der Waals surface area contributed by atoms with Crippen molar-refractivity contribution in [2.24, 2.45) is 11.3 Å². The largest absolute Gasteiger partial charge is 0.490 e. The van der Waals surface area contributed by atoms with E-state index in [-0.39, 0.29) is 12.0 Å². The highest BCUT2D eigenvalue weighted by Gasteiger charge is 2.47. The molecule has 0 bridgehead atoms. The van der Waals surface area contributed by atoms with Gasteiger partial charge < -0.3 is 14.6 Å². The number of hydrogen-bond donors (Lipinski definition) is 1. The van der Waals surface area contributed by atoms with Crippen LogP contribution in [0.2, 0.25) is 0 Å². The fraction of sp³-hybridized carbons (Fsp3) is 0.556. The summed E-state index contributed by atoms with van der Waals surface area (Å²) >= 11 is 0. The molecule has 2 saturated heterocycles. The number of aliphatic hydroxyl groups is 1. The lowest BCUT2D eigenvalue weighted by molar-refractivity contribution is -0.0417. The van der Waals surface area contributed by atoms with Gasteiger partial charge in [0.1, 0.15) is 12.4 Å². The number of likely N-dealkylation sites (tertiary alicyclic amines) is 1. The average molecular weight is 303 g/mol. The van der Waals surface area contributed by atoms with Gasteiger partial charge in [0.15, 0.2) is 0 Å². The Balaban J connectivity index is 1.65. The van der Waals surface area contributed by atoms with Crippen molar-refractivity contribution in [2.75, 3.05) is 39.5 Å². The summed E-state index contributed by atoms with van der Waals surface area (Å²) in [6, 6.07) is 8.22. The summed E-state index contributed by atoms with van der Waals surface area (Å²) in [6.45, 7) is 8.86. The van der Waals surface area contributed by atoms with Crippen LogP contribution >= 0.6 is 0 Å². The number of benzene rings is 1. The van der Waals surface area contributed by atoms with Gasteiger partial charge in [0.05, 0.1) is 13.2 Å². The third kappa shape index (κ3) is 3.19. The highest BCUT2D eigenvalue weighted by atomic mass is 16.5. The summed E-state index contributed by atoms with van der Waals surface area (Å²) < 4.78 is 11.2. The Morgan fingerprint density at radius 1 is 1.50 bits per heavy atom. The van der Waals surface area contributed by atoms with Crippen LogP contribution < -0.4 is 4.74 Å². The number of nitrogens with zero attached hydrogens (tertiary/aromatic N) is 1. The normalized spacial score (nSPS) is 28.3. The van der Waals surface area contributed by atoms with Crippen molar-refractivity contribution in [2.45, 2.75) is 13.0 Å². The monoisotopic (exact) mass is 303 g/mol. The van der Waals surface area contributed by atoms with E-state index in [9.17, 15) is 5.11 Å². The first kappa shape index (κ1) is 15.5. The zero-order chi connectivity index (χ0) is 15.4. The Bertz CT molecular complexity index is 519. The fourth-order valence-corrected chi connectivity index (χ4v) is 3.68. The quantitative estimate of drug-likeness (QED) is 0.817. The average Bonchev–Trinajstić information content (AvgIpc) is 2.91. The maximum Gasteiger partial charge on any atom is 0.120 e. The smallest absolute Gasteiger partial charge is 0.120 e. The van der Waals surface area contributed by atoms with Crippen molar-refractivity contribution >= 4 is 0 Å². The zero-order valence-corrected chi connectivity index (χ0v) is 13.0. The first-order valence-corrected chi connectivity index (χ1v) is 7.99. The Hall–Kier alpha value is -1.36. The molecule has 2 aliphatic rings. The van der Waals surface area contributed by atoms with Crippen molar-refractivity contribution in [1.82, 2.24) is 4.90 Å². The first-order valence-electron chi connectivity index (χ1n) is 7.99. The zero-order valence-electron chi connectivity index (χ0n) is 13.0. The number of hydrogen-bond acceptors (Lipinski definition) is 4. The number of rotatable bonds is 6. The lowest BCUT2D eigenvalue weighted by atomic mass is 9.75. The first-order chi connectivity index (χ1) is 10.8. The van der Waals surface area contributed by atoms with E-state index in [0.717, 1.165) is 45.0 Å². The van der Waals surface area contributed by atoms with Crippen LogP contribution in [0.3, 0.4) is 0 Å². The molecule has 22 heavy (non-hydrogen) atoms. The molecule has 2 atom stereocenters. The number of ether oxygens (including phenoxy) is 2. The maximum atomic E-state index is 9.87. The van der Waals surface area contributed by atoms with Crippen LogP contribution in [0.1, 0.15) is 12.0 Å². The van der Waals surface area contributed by atoms with Gasteiger partial charge in [0.2, 0.25) is 0 Å². The van der Waals surface area contributed by atoms with Crippen LogP contribution in [0.15, 0.2) is 36.9 Å². The van der Waals surface area contributed by atoms with Crippen molar-refractivity contribution in [1.29, 1.82) is 0 Å². The van der Waals surface area contributed by atoms with E-state index in [1.54, 1.807) is 6.08 Å². The van der Waals surface area contributed by atoms with E-state index >= 15 is 0 Å². The van der Waals surface area contributed by atoms with E-state index in [0.29, 0.717) is 12.5 Å². The van der Waals surface area contributed by atoms with Crippen molar-refractivity contribution in [3.8, 4) is 5.75 Å². The summed E-state index contributed by atoms with van der Waals surface area (Å²) in [7, 11) is 0. The Morgan fingerprint density at radius 3 is 3.18 bits per heavy atom. The Kier molecular flexibility index (Phi) is 4.81. The molecule has 0 spiro atoms. The molecule has 0 aliphatic carbocycles. The van der Waals surface area contributed by atoms with Gasteiger partial charge in [-0.3, -0.25) is 4.90 Å². The van der Waals surface area contributed by atoms with E-state index in [4.69, 9.17) is 9.47 Å². The van der Waals surface area contributed by atoms with Crippen LogP contribution in [-0.4, -0.2) is 49.5 Å². The molecule has 1 N–H and O–H groups in total. The van der Waals surface area contributed by atoms with Crippen molar-refractivity contribution in [3.05, 3.63) is 42.5 Å². The Morgan fingerprint density at radius 2 is 2.41 bits per heavy atom. The molecule has 3 rings (SSSR count). The van der Waals surface area contributed by atoms with Gasteiger partial charge >= 0.3 is 0 Å². The standard InChI is InChI=1S/C18H25NO3/c1-2-7-22-17-5-3-4-15(9-17)10-19-11-16-12-21-8-6-18(16,13-19)14-20/h2-5,9,16,20H,1,6-8,10-14H2/t16-,18-/m1/s1. The van der Waals surface area contributed by atoms with Gasteiger partial charge in [0, 0.05) is 37.6 Å².